The van der Waals surface area contributed by atoms with Gasteiger partial charge in [-0.05, 0) is 24.7 Å². The van der Waals surface area contributed by atoms with Crippen LogP contribution in [0.1, 0.15) is 12.5 Å². The molecule has 0 aromatic heterocycles. The van der Waals surface area contributed by atoms with Crippen LogP contribution < -0.4 is 0 Å². The summed E-state index contributed by atoms with van der Waals surface area (Å²) >= 11 is 3.41. The smallest absolute Gasteiger partial charge is 0.106 e. The molecule has 0 aliphatic carbocycles. The van der Waals surface area contributed by atoms with Crippen LogP contribution in [-0.4, -0.2) is 30.1 Å². The number of rotatable bonds is 1. The van der Waals surface area contributed by atoms with Gasteiger partial charge in [-0.15, -0.1) is 0 Å². The van der Waals surface area contributed by atoms with Crippen LogP contribution in [0.4, 0.5) is 0 Å². The molecule has 1 aliphatic heterocycles. The Kier molecular flexibility index (Phi) is 2.88. The Morgan fingerprint density at radius 1 is 1.40 bits per heavy atom. The third-order valence-corrected chi connectivity index (χ3v) is 3.78. The minimum atomic E-state index is -0.685. The van der Waals surface area contributed by atoms with Crippen LogP contribution in [0.2, 0.25) is 0 Å². The van der Waals surface area contributed by atoms with E-state index in [1.165, 1.54) is 0 Å². The fourth-order valence-electron chi connectivity index (χ4n) is 2.36. The Morgan fingerprint density at radius 2 is 2.00 bits per heavy atom. The van der Waals surface area contributed by atoms with Gasteiger partial charge in [0.15, 0.2) is 0 Å². The molecule has 0 radical (unpaired) electrons. The first kappa shape index (κ1) is 11.1. The van der Waals surface area contributed by atoms with Gasteiger partial charge in [0.1, 0.15) is 5.60 Å². The van der Waals surface area contributed by atoms with Gasteiger partial charge in [0.2, 0.25) is 0 Å². The maximum absolute atomic E-state index is 10.6. The van der Waals surface area contributed by atoms with Crippen molar-refractivity contribution in [2.24, 2.45) is 5.92 Å². The summed E-state index contributed by atoms with van der Waals surface area (Å²) in [5, 5.41) is 10.6. The van der Waals surface area contributed by atoms with E-state index in [2.05, 4.69) is 27.8 Å². The molecule has 3 heteroatoms. The van der Waals surface area contributed by atoms with Crippen LogP contribution in [0.15, 0.2) is 28.7 Å². The van der Waals surface area contributed by atoms with E-state index in [1.54, 1.807) is 0 Å². The highest BCUT2D eigenvalue weighted by atomic mass is 79.9. The van der Waals surface area contributed by atoms with Gasteiger partial charge >= 0.3 is 0 Å². The molecule has 0 unspecified atom stereocenters. The first-order valence-corrected chi connectivity index (χ1v) is 5.98. The van der Waals surface area contributed by atoms with Crippen molar-refractivity contribution in [3.63, 3.8) is 0 Å². The molecular formula is C12H16BrNO. The zero-order valence-electron chi connectivity index (χ0n) is 9.07. The molecule has 0 saturated carbocycles. The average Bonchev–Trinajstić information content (AvgIpc) is 2.42. The minimum Gasteiger partial charge on any atom is -0.383 e. The van der Waals surface area contributed by atoms with Gasteiger partial charge in [0.05, 0.1) is 0 Å². The van der Waals surface area contributed by atoms with Crippen LogP contribution in [0.3, 0.4) is 0 Å². The standard InChI is InChI=1S/C12H16BrNO/c1-9-7-14(2)8-12(9,15)10-3-5-11(13)6-4-10/h3-6,9,15H,7-8H2,1-2H3/t9-,12+/m0/s1. The van der Waals surface area contributed by atoms with Crippen LogP contribution in [0.5, 0.6) is 0 Å². The molecule has 2 nitrogen and oxygen atoms in total. The van der Waals surface area contributed by atoms with E-state index in [1.807, 2.05) is 31.3 Å². The van der Waals surface area contributed by atoms with Gasteiger partial charge in [0.25, 0.3) is 0 Å². The van der Waals surface area contributed by atoms with Gasteiger partial charge in [-0.2, -0.15) is 0 Å². The summed E-state index contributed by atoms with van der Waals surface area (Å²) in [6.45, 7) is 3.77. The molecular weight excluding hydrogens is 254 g/mol. The molecule has 0 bridgehead atoms. The summed E-state index contributed by atoms with van der Waals surface area (Å²) in [5.41, 5.74) is 0.331. The predicted octanol–water partition coefficient (Wildman–Crippen LogP) is 2.22. The number of hydrogen-bond donors (Lipinski definition) is 1. The Labute approximate surface area is 99.0 Å². The fraction of sp³-hybridized carbons (Fsp3) is 0.500. The molecule has 1 saturated heterocycles. The van der Waals surface area contributed by atoms with E-state index in [-0.39, 0.29) is 5.92 Å². The molecule has 1 aromatic rings. The first-order chi connectivity index (χ1) is 7.02. The predicted molar refractivity (Wildman–Crippen MR) is 64.7 cm³/mol. The Hall–Kier alpha value is -0.380. The lowest BCUT2D eigenvalue weighted by Crippen LogP contribution is -2.33. The third kappa shape index (κ3) is 1.96. The molecule has 1 aromatic carbocycles. The Bertz CT molecular complexity index is 351. The van der Waals surface area contributed by atoms with Gasteiger partial charge in [-0.3, -0.25) is 0 Å². The van der Waals surface area contributed by atoms with Crippen molar-refractivity contribution in [1.29, 1.82) is 0 Å². The van der Waals surface area contributed by atoms with Gasteiger partial charge in [0, 0.05) is 23.5 Å². The number of hydrogen-bond acceptors (Lipinski definition) is 2. The summed E-state index contributed by atoms with van der Waals surface area (Å²) in [7, 11) is 2.05. The summed E-state index contributed by atoms with van der Waals surface area (Å²) in [5.74, 6) is 0.281. The van der Waals surface area contributed by atoms with Crippen molar-refractivity contribution in [3.8, 4) is 0 Å². The summed E-state index contributed by atoms with van der Waals surface area (Å²) < 4.78 is 1.05. The highest BCUT2D eigenvalue weighted by Gasteiger charge is 2.42. The highest BCUT2D eigenvalue weighted by molar-refractivity contribution is 9.10. The van der Waals surface area contributed by atoms with Crippen molar-refractivity contribution in [3.05, 3.63) is 34.3 Å². The van der Waals surface area contributed by atoms with Crippen LogP contribution in [0.25, 0.3) is 0 Å². The van der Waals surface area contributed by atoms with Crippen molar-refractivity contribution in [2.45, 2.75) is 12.5 Å². The normalized spacial score (nSPS) is 32.1. The lowest BCUT2D eigenvalue weighted by Gasteiger charge is -2.27. The molecule has 0 spiro atoms. The second-order valence-electron chi connectivity index (χ2n) is 4.53. The lowest BCUT2D eigenvalue weighted by molar-refractivity contribution is 0.0146. The number of β-amino-alcohol motifs (C(OH)–C–C–N with tert-alkyl or cyclic N) is 1. The van der Waals surface area contributed by atoms with Gasteiger partial charge < -0.3 is 10.0 Å². The quantitative estimate of drug-likeness (QED) is 0.845. The van der Waals surface area contributed by atoms with Gasteiger partial charge in [-0.1, -0.05) is 35.0 Å². The van der Waals surface area contributed by atoms with Crippen molar-refractivity contribution < 1.29 is 5.11 Å². The zero-order valence-corrected chi connectivity index (χ0v) is 10.7. The van der Waals surface area contributed by atoms with E-state index < -0.39 is 5.60 Å². The number of benzene rings is 1. The van der Waals surface area contributed by atoms with Crippen molar-refractivity contribution in [1.82, 2.24) is 4.90 Å². The van der Waals surface area contributed by atoms with Gasteiger partial charge in [-0.25, -0.2) is 0 Å². The largest absolute Gasteiger partial charge is 0.383 e. The number of likely N-dealkylation sites (N-methyl/N-ethyl adjacent to an activating group) is 1. The zero-order chi connectivity index (χ0) is 11.1. The molecule has 82 valence electrons. The van der Waals surface area contributed by atoms with E-state index >= 15 is 0 Å². The molecule has 1 N–H and O–H groups in total. The minimum absolute atomic E-state index is 0.281. The molecule has 2 atom stereocenters. The second-order valence-corrected chi connectivity index (χ2v) is 5.44. The molecule has 1 fully saturated rings. The maximum Gasteiger partial charge on any atom is 0.106 e. The average molecular weight is 270 g/mol. The van der Waals surface area contributed by atoms with E-state index in [0.29, 0.717) is 0 Å². The Balaban J connectivity index is 2.33. The molecule has 1 heterocycles. The molecule has 0 amide bonds. The second kappa shape index (κ2) is 3.89. The van der Waals surface area contributed by atoms with Crippen LogP contribution in [0, 0.1) is 5.92 Å². The first-order valence-electron chi connectivity index (χ1n) is 5.19. The third-order valence-electron chi connectivity index (χ3n) is 3.26. The van der Waals surface area contributed by atoms with E-state index in [9.17, 15) is 5.11 Å². The monoisotopic (exact) mass is 269 g/mol. The molecule has 2 rings (SSSR count). The molecule has 15 heavy (non-hydrogen) atoms. The van der Waals surface area contributed by atoms with Crippen LogP contribution in [-0.2, 0) is 5.60 Å². The summed E-state index contributed by atoms with van der Waals surface area (Å²) in [6, 6.07) is 7.97. The van der Waals surface area contributed by atoms with E-state index in [4.69, 9.17) is 0 Å². The number of nitrogens with zero attached hydrogens (tertiary/aromatic N) is 1. The number of halogens is 1. The van der Waals surface area contributed by atoms with E-state index in [0.717, 1.165) is 23.1 Å². The lowest BCUT2D eigenvalue weighted by atomic mass is 9.85. The highest BCUT2D eigenvalue weighted by Crippen LogP contribution is 2.36. The maximum atomic E-state index is 10.6. The van der Waals surface area contributed by atoms with Crippen molar-refractivity contribution in [2.75, 3.05) is 20.1 Å². The number of aliphatic hydroxyl groups is 1. The van der Waals surface area contributed by atoms with Crippen LogP contribution >= 0.6 is 15.9 Å². The summed E-state index contributed by atoms with van der Waals surface area (Å²) in [4.78, 5) is 2.17. The topological polar surface area (TPSA) is 23.5 Å². The molecule has 1 aliphatic rings. The number of likely N-dealkylation sites (tertiary alicyclic amines) is 1. The summed E-state index contributed by atoms with van der Waals surface area (Å²) in [6.07, 6.45) is 0. The Morgan fingerprint density at radius 3 is 2.47 bits per heavy atom. The SMILES string of the molecule is C[C@H]1CN(C)C[C@]1(O)c1ccc(Br)cc1. The fourth-order valence-corrected chi connectivity index (χ4v) is 2.63. The van der Waals surface area contributed by atoms with Crippen molar-refractivity contribution >= 4 is 15.9 Å².